The molecule has 2 aliphatic rings. The third-order valence-corrected chi connectivity index (χ3v) is 5.77. The lowest BCUT2D eigenvalue weighted by molar-refractivity contribution is 0.0591. The Balaban J connectivity index is 1.43. The number of fused-ring (bicyclic) bond motifs is 1. The fraction of sp³-hybridized carbons (Fsp3) is 0.529. The summed E-state index contributed by atoms with van der Waals surface area (Å²) in [5.74, 6) is -0.471. The van der Waals surface area contributed by atoms with Crippen molar-refractivity contribution in [3.05, 3.63) is 33.5 Å². The summed E-state index contributed by atoms with van der Waals surface area (Å²) < 4.78 is 6.47. The highest BCUT2D eigenvalue weighted by molar-refractivity contribution is 7.13. The zero-order valence-corrected chi connectivity index (χ0v) is 15.5. The Morgan fingerprint density at radius 1 is 1.23 bits per heavy atom. The summed E-state index contributed by atoms with van der Waals surface area (Å²) in [6.07, 6.45) is 4.17. The van der Waals surface area contributed by atoms with E-state index in [1.54, 1.807) is 21.8 Å². The molecule has 0 spiro atoms. The molecule has 2 aromatic heterocycles. The van der Waals surface area contributed by atoms with Gasteiger partial charge in [0.2, 0.25) is 0 Å². The normalized spacial score (nSPS) is 17.3. The topological polar surface area (TPSA) is 80.6 Å². The second-order valence-corrected chi connectivity index (χ2v) is 7.68. The monoisotopic (exact) mass is 375 g/mol. The summed E-state index contributed by atoms with van der Waals surface area (Å²) in [6.45, 7) is 4.61. The van der Waals surface area contributed by atoms with E-state index in [0.29, 0.717) is 24.5 Å². The number of methoxy groups -OCH3 is 1. The number of hydrogen-bond acceptors (Lipinski definition) is 7. The van der Waals surface area contributed by atoms with Crippen molar-refractivity contribution in [3.63, 3.8) is 0 Å². The van der Waals surface area contributed by atoms with Crippen LogP contribution in [0.5, 0.6) is 0 Å². The first-order valence-corrected chi connectivity index (χ1v) is 9.57. The molecule has 1 amide bonds. The van der Waals surface area contributed by atoms with Gasteiger partial charge in [0.15, 0.2) is 5.69 Å². The number of amides is 1. The van der Waals surface area contributed by atoms with Gasteiger partial charge in [0.05, 0.1) is 38.6 Å². The summed E-state index contributed by atoms with van der Waals surface area (Å²) in [6, 6.07) is 1.69. The van der Waals surface area contributed by atoms with E-state index in [1.165, 1.54) is 31.3 Å². The molecule has 0 saturated carbocycles. The Kier molecular flexibility index (Phi) is 4.73. The van der Waals surface area contributed by atoms with Crippen LogP contribution in [0.2, 0.25) is 0 Å². The molecule has 0 N–H and O–H groups in total. The number of carbonyl (C=O) groups is 2. The third kappa shape index (κ3) is 3.36. The largest absolute Gasteiger partial charge is 0.464 e. The summed E-state index contributed by atoms with van der Waals surface area (Å²) in [5, 5.41) is 5.23. The van der Waals surface area contributed by atoms with Gasteiger partial charge in [0.1, 0.15) is 9.88 Å². The van der Waals surface area contributed by atoms with Crippen LogP contribution in [0, 0.1) is 0 Å². The van der Waals surface area contributed by atoms with Crippen molar-refractivity contribution in [3.8, 4) is 0 Å². The number of thiazole rings is 1. The summed E-state index contributed by atoms with van der Waals surface area (Å²) in [7, 11) is 1.33. The number of carbonyl (C=O) groups excluding carboxylic acids is 2. The molecule has 0 bridgehead atoms. The van der Waals surface area contributed by atoms with Crippen molar-refractivity contribution in [1.82, 2.24) is 24.6 Å². The molecule has 9 heteroatoms. The van der Waals surface area contributed by atoms with E-state index >= 15 is 0 Å². The van der Waals surface area contributed by atoms with Crippen LogP contribution in [0.15, 0.2) is 12.3 Å². The molecule has 4 rings (SSSR count). The van der Waals surface area contributed by atoms with Gasteiger partial charge < -0.3 is 9.64 Å². The standard InChI is InChI=1S/C17H21N5O3S/c1-25-17(24)13-8-12-10-21(6-7-22(12)19-13)16(23)14-9-18-15(26-14)11-20-4-2-3-5-20/h8-9H,2-7,10-11H2,1H3. The molecule has 2 aromatic rings. The predicted octanol–water partition coefficient (Wildman–Crippen LogP) is 1.38. The van der Waals surface area contributed by atoms with E-state index in [-0.39, 0.29) is 11.6 Å². The molecule has 0 unspecified atom stereocenters. The molecule has 138 valence electrons. The minimum absolute atomic E-state index is 0.0118. The predicted molar refractivity (Wildman–Crippen MR) is 94.9 cm³/mol. The first-order valence-electron chi connectivity index (χ1n) is 8.75. The van der Waals surface area contributed by atoms with Crippen LogP contribution in [0.25, 0.3) is 0 Å². The lowest BCUT2D eigenvalue weighted by Crippen LogP contribution is -2.38. The Bertz CT molecular complexity index is 824. The van der Waals surface area contributed by atoms with Crippen LogP contribution in [-0.4, -0.2) is 63.2 Å². The van der Waals surface area contributed by atoms with Crippen LogP contribution < -0.4 is 0 Å². The van der Waals surface area contributed by atoms with Crippen molar-refractivity contribution in [2.24, 2.45) is 0 Å². The average molecular weight is 375 g/mol. The van der Waals surface area contributed by atoms with E-state index in [1.807, 2.05) is 0 Å². The van der Waals surface area contributed by atoms with E-state index in [9.17, 15) is 9.59 Å². The van der Waals surface area contributed by atoms with Crippen LogP contribution in [0.4, 0.5) is 0 Å². The number of nitrogens with zero attached hydrogens (tertiary/aromatic N) is 5. The molecule has 2 aliphatic heterocycles. The first-order chi connectivity index (χ1) is 12.6. The average Bonchev–Trinajstić information content (AvgIpc) is 3.40. The molecule has 0 atom stereocenters. The van der Waals surface area contributed by atoms with Crippen LogP contribution in [0.3, 0.4) is 0 Å². The Labute approximate surface area is 155 Å². The van der Waals surface area contributed by atoms with E-state index in [0.717, 1.165) is 30.3 Å². The highest BCUT2D eigenvalue weighted by Crippen LogP contribution is 2.22. The summed E-state index contributed by atoms with van der Waals surface area (Å²) >= 11 is 1.48. The molecule has 4 heterocycles. The Morgan fingerprint density at radius 3 is 2.81 bits per heavy atom. The van der Waals surface area contributed by atoms with Gasteiger partial charge in [0, 0.05) is 6.54 Å². The third-order valence-electron chi connectivity index (χ3n) is 4.80. The molecule has 0 aliphatic carbocycles. The number of hydrogen-bond donors (Lipinski definition) is 0. The van der Waals surface area contributed by atoms with Crippen molar-refractivity contribution >= 4 is 23.2 Å². The lowest BCUT2D eigenvalue weighted by atomic mass is 10.2. The quantitative estimate of drug-likeness (QED) is 0.751. The van der Waals surface area contributed by atoms with Gasteiger partial charge >= 0.3 is 5.97 Å². The van der Waals surface area contributed by atoms with E-state index in [2.05, 4.69) is 15.0 Å². The van der Waals surface area contributed by atoms with Gasteiger partial charge in [-0.1, -0.05) is 0 Å². The number of aromatic nitrogens is 3. The smallest absolute Gasteiger partial charge is 0.358 e. The Hall–Kier alpha value is -2.26. The van der Waals surface area contributed by atoms with Gasteiger partial charge in [-0.25, -0.2) is 9.78 Å². The maximum absolute atomic E-state index is 12.8. The van der Waals surface area contributed by atoms with Crippen LogP contribution in [-0.2, 0) is 24.4 Å². The van der Waals surface area contributed by atoms with Gasteiger partial charge in [-0.2, -0.15) is 5.10 Å². The fourth-order valence-electron chi connectivity index (χ4n) is 3.41. The number of esters is 1. The molecular formula is C17H21N5O3S. The first kappa shape index (κ1) is 17.2. The maximum Gasteiger partial charge on any atom is 0.358 e. The number of ether oxygens (including phenoxy) is 1. The van der Waals surface area contributed by atoms with Crippen molar-refractivity contribution in [2.75, 3.05) is 26.7 Å². The highest BCUT2D eigenvalue weighted by Gasteiger charge is 2.26. The number of likely N-dealkylation sites (tertiary alicyclic amines) is 1. The van der Waals surface area contributed by atoms with Crippen molar-refractivity contribution in [2.45, 2.75) is 32.5 Å². The van der Waals surface area contributed by atoms with Crippen LogP contribution >= 0.6 is 11.3 Å². The molecule has 8 nitrogen and oxygen atoms in total. The van der Waals surface area contributed by atoms with E-state index in [4.69, 9.17) is 4.74 Å². The molecular weight excluding hydrogens is 354 g/mol. The second-order valence-electron chi connectivity index (χ2n) is 6.56. The SMILES string of the molecule is COC(=O)c1cc2n(n1)CCN(C(=O)c1cnc(CN3CCCC3)s1)C2. The zero-order valence-electron chi connectivity index (χ0n) is 14.7. The van der Waals surface area contributed by atoms with E-state index < -0.39 is 5.97 Å². The molecule has 0 aromatic carbocycles. The van der Waals surface area contributed by atoms with Crippen LogP contribution in [0.1, 0.15) is 43.7 Å². The maximum atomic E-state index is 12.8. The minimum Gasteiger partial charge on any atom is -0.464 e. The highest BCUT2D eigenvalue weighted by atomic mass is 32.1. The van der Waals surface area contributed by atoms with Gasteiger partial charge in [-0.15, -0.1) is 11.3 Å². The molecule has 0 radical (unpaired) electrons. The zero-order chi connectivity index (χ0) is 18.1. The molecule has 1 fully saturated rings. The molecule has 1 saturated heterocycles. The number of rotatable bonds is 4. The van der Waals surface area contributed by atoms with Crippen molar-refractivity contribution < 1.29 is 14.3 Å². The van der Waals surface area contributed by atoms with Gasteiger partial charge in [0.25, 0.3) is 5.91 Å². The van der Waals surface area contributed by atoms with Gasteiger partial charge in [-0.3, -0.25) is 14.4 Å². The lowest BCUT2D eigenvalue weighted by Gasteiger charge is -2.27. The van der Waals surface area contributed by atoms with Gasteiger partial charge in [-0.05, 0) is 32.0 Å². The summed E-state index contributed by atoms with van der Waals surface area (Å²) in [4.78, 5) is 33.7. The van der Waals surface area contributed by atoms with Crippen molar-refractivity contribution in [1.29, 1.82) is 0 Å². The minimum atomic E-state index is -0.459. The summed E-state index contributed by atoms with van der Waals surface area (Å²) in [5.41, 5.74) is 1.12. The Morgan fingerprint density at radius 2 is 2.04 bits per heavy atom. The fourth-order valence-corrected chi connectivity index (χ4v) is 4.34. The molecule has 26 heavy (non-hydrogen) atoms. The second kappa shape index (κ2) is 7.16.